The molecule has 210 valence electrons. The number of piperazine rings is 1. The van der Waals surface area contributed by atoms with Crippen LogP contribution in [-0.2, 0) is 19.6 Å². The van der Waals surface area contributed by atoms with E-state index in [1.807, 2.05) is 6.92 Å². The van der Waals surface area contributed by atoms with E-state index in [1.165, 1.54) is 15.6 Å². The maximum absolute atomic E-state index is 12.8. The van der Waals surface area contributed by atoms with Gasteiger partial charge < -0.3 is 19.3 Å². The van der Waals surface area contributed by atoms with Crippen molar-refractivity contribution >= 4 is 27.8 Å². The van der Waals surface area contributed by atoms with Crippen molar-refractivity contribution in [1.29, 1.82) is 0 Å². The van der Waals surface area contributed by atoms with Crippen LogP contribution < -0.4 is 9.64 Å². The normalized spacial score (nSPS) is 22.7. The number of amides is 2. The highest BCUT2D eigenvalue weighted by Gasteiger charge is 2.43. The SMILES string of the molecule is CC1(OC(=O)N2CCC(COc3ccc(N4CCN(S(=O)(=O)CCCN5CCC5)CC4=O)nc3)CC2)CC1. The average molecular weight is 550 g/mol. The Balaban J connectivity index is 1.03. The Kier molecular flexibility index (Phi) is 8.11. The summed E-state index contributed by atoms with van der Waals surface area (Å²) in [5, 5.41) is 0. The van der Waals surface area contributed by atoms with Gasteiger partial charge in [0.25, 0.3) is 0 Å². The molecule has 3 aliphatic heterocycles. The Morgan fingerprint density at radius 3 is 2.47 bits per heavy atom. The molecule has 38 heavy (non-hydrogen) atoms. The molecule has 4 heterocycles. The number of pyridine rings is 1. The minimum absolute atomic E-state index is 0.0730. The molecule has 1 aliphatic carbocycles. The molecule has 0 atom stereocenters. The van der Waals surface area contributed by atoms with Crippen molar-refractivity contribution < 1.29 is 27.5 Å². The van der Waals surface area contributed by atoms with E-state index in [-0.39, 0.29) is 43.0 Å². The van der Waals surface area contributed by atoms with E-state index in [4.69, 9.17) is 9.47 Å². The molecule has 11 nitrogen and oxygen atoms in total. The highest BCUT2D eigenvalue weighted by molar-refractivity contribution is 7.89. The average Bonchev–Trinajstić information content (AvgIpc) is 3.61. The molecule has 5 rings (SSSR count). The number of ether oxygens (including phenoxy) is 2. The minimum atomic E-state index is -3.45. The molecule has 0 N–H and O–H groups in total. The van der Waals surface area contributed by atoms with Crippen LogP contribution in [0.2, 0.25) is 0 Å². The lowest BCUT2D eigenvalue weighted by Crippen LogP contribution is -2.53. The number of carbonyl (C=O) groups excluding carboxylic acids is 2. The Labute approximate surface area is 225 Å². The maximum atomic E-state index is 12.8. The smallest absolute Gasteiger partial charge is 0.410 e. The minimum Gasteiger partial charge on any atom is -0.492 e. The molecular formula is C26H39N5O6S. The topological polar surface area (TPSA) is 113 Å². The zero-order valence-electron chi connectivity index (χ0n) is 22.2. The van der Waals surface area contributed by atoms with Gasteiger partial charge in [0.15, 0.2) is 0 Å². The van der Waals surface area contributed by atoms with Crippen molar-refractivity contribution in [3.63, 3.8) is 0 Å². The van der Waals surface area contributed by atoms with Crippen LogP contribution in [0.5, 0.6) is 5.75 Å². The van der Waals surface area contributed by atoms with Gasteiger partial charge in [0.1, 0.15) is 17.2 Å². The Morgan fingerprint density at radius 1 is 1.11 bits per heavy atom. The second-order valence-electron chi connectivity index (χ2n) is 11.2. The molecule has 1 saturated carbocycles. The summed E-state index contributed by atoms with van der Waals surface area (Å²) in [5.41, 5.74) is -0.251. The van der Waals surface area contributed by atoms with Crippen LogP contribution in [0, 0.1) is 5.92 Å². The first-order valence-corrected chi connectivity index (χ1v) is 15.4. The second-order valence-corrected chi connectivity index (χ2v) is 13.2. The van der Waals surface area contributed by atoms with E-state index < -0.39 is 10.0 Å². The van der Waals surface area contributed by atoms with Crippen molar-refractivity contribution in [3.8, 4) is 5.75 Å². The first-order chi connectivity index (χ1) is 18.2. The zero-order valence-corrected chi connectivity index (χ0v) is 23.0. The Bertz CT molecular complexity index is 1100. The molecule has 12 heteroatoms. The van der Waals surface area contributed by atoms with Crippen LogP contribution in [0.4, 0.5) is 10.6 Å². The summed E-state index contributed by atoms with van der Waals surface area (Å²) in [6.07, 6.45) is 6.77. The standard InChI is InChI=1S/C26H39N5O6S/c1-26(8-9-26)37-25(33)29-13-6-21(7-14-29)20-36-22-4-5-23(27-18-22)31-16-15-30(19-24(31)32)38(34,35)17-3-12-28-10-2-11-28/h4-5,18,21H,2-3,6-17,19-20H2,1H3. The Hall–Kier alpha value is -2.44. The summed E-state index contributed by atoms with van der Waals surface area (Å²) in [6.45, 7) is 7.12. The highest BCUT2D eigenvalue weighted by atomic mass is 32.2. The summed E-state index contributed by atoms with van der Waals surface area (Å²) < 4.78 is 38.2. The van der Waals surface area contributed by atoms with Gasteiger partial charge in [0, 0.05) is 26.2 Å². The van der Waals surface area contributed by atoms with Gasteiger partial charge in [-0.2, -0.15) is 4.31 Å². The van der Waals surface area contributed by atoms with Gasteiger partial charge in [-0.25, -0.2) is 18.2 Å². The monoisotopic (exact) mass is 549 g/mol. The number of anilines is 1. The fourth-order valence-electron chi connectivity index (χ4n) is 5.00. The van der Waals surface area contributed by atoms with Crippen LogP contribution in [0.1, 0.15) is 45.4 Å². The first-order valence-electron chi connectivity index (χ1n) is 13.8. The van der Waals surface area contributed by atoms with E-state index in [9.17, 15) is 18.0 Å². The molecule has 0 spiro atoms. The molecule has 1 aromatic heterocycles. The van der Waals surface area contributed by atoms with E-state index in [2.05, 4.69) is 9.88 Å². The van der Waals surface area contributed by atoms with Crippen molar-refractivity contribution in [2.24, 2.45) is 5.92 Å². The molecule has 3 saturated heterocycles. The van der Waals surface area contributed by atoms with Gasteiger partial charge in [0.2, 0.25) is 15.9 Å². The number of piperidine rings is 1. The van der Waals surface area contributed by atoms with Crippen LogP contribution in [-0.4, -0.2) is 110 Å². The molecule has 2 amide bonds. The van der Waals surface area contributed by atoms with Crippen molar-refractivity contribution in [2.45, 2.75) is 51.0 Å². The lowest BCUT2D eigenvalue weighted by atomic mass is 9.98. The number of hydrogen-bond donors (Lipinski definition) is 0. The van der Waals surface area contributed by atoms with Crippen molar-refractivity contribution in [3.05, 3.63) is 18.3 Å². The number of aromatic nitrogens is 1. The number of hydrogen-bond acceptors (Lipinski definition) is 8. The quantitative estimate of drug-likeness (QED) is 0.435. The van der Waals surface area contributed by atoms with Crippen molar-refractivity contribution in [2.75, 3.05) is 69.6 Å². The van der Waals surface area contributed by atoms with Gasteiger partial charge >= 0.3 is 6.09 Å². The van der Waals surface area contributed by atoms with Gasteiger partial charge in [0.05, 0.1) is 25.1 Å². The predicted molar refractivity (Wildman–Crippen MR) is 142 cm³/mol. The van der Waals surface area contributed by atoms with E-state index in [1.54, 1.807) is 23.2 Å². The summed E-state index contributed by atoms with van der Waals surface area (Å²) in [6, 6.07) is 3.53. The van der Waals surface area contributed by atoms with Crippen molar-refractivity contribution in [1.82, 2.24) is 19.1 Å². The maximum Gasteiger partial charge on any atom is 0.410 e. The van der Waals surface area contributed by atoms with Gasteiger partial charge in [-0.3, -0.25) is 9.69 Å². The lowest BCUT2D eigenvalue weighted by Gasteiger charge is -2.34. The third kappa shape index (κ3) is 6.76. The number of sulfonamides is 1. The predicted octanol–water partition coefficient (Wildman–Crippen LogP) is 1.94. The fraction of sp³-hybridized carbons (Fsp3) is 0.731. The number of nitrogens with zero attached hydrogens (tertiary/aromatic N) is 5. The summed E-state index contributed by atoms with van der Waals surface area (Å²) in [5.74, 6) is 1.26. The van der Waals surface area contributed by atoms with Crippen LogP contribution in [0.25, 0.3) is 0 Å². The van der Waals surface area contributed by atoms with Crippen LogP contribution >= 0.6 is 0 Å². The molecule has 0 radical (unpaired) electrons. The fourth-order valence-corrected chi connectivity index (χ4v) is 6.42. The third-order valence-electron chi connectivity index (χ3n) is 8.05. The first kappa shape index (κ1) is 27.1. The number of carbonyl (C=O) groups is 2. The highest BCUT2D eigenvalue weighted by Crippen LogP contribution is 2.39. The lowest BCUT2D eigenvalue weighted by molar-refractivity contribution is -0.120. The van der Waals surface area contributed by atoms with E-state index in [0.29, 0.717) is 43.6 Å². The van der Waals surface area contributed by atoms with Gasteiger partial charge in [-0.05, 0) is 83.1 Å². The molecular weight excluding hydrogens is 510 g/mol. The van der Waals surface area contributed by atoms with Crippen LogP contribution in [0.3, 0.4) is 0 Å². The summed E-state index contributed by atoms with van der Waals surface area (Å²) in [4.78, 5) is 35.0. The number of likely N-dealkylation sites (tertiary alicyclic amines) is 2. The molecule has 4 fully saturated rings. The Morgan fingerprint density at radius 2 is 1.87 bits per heavy atom. The summed E-state index contributed by atoms with van der Waals surface area (Å²) in [7, 11) is -3.45. The van der Waals surface area contributed by atoms with E-state index in [0.717, 1.165) is 45.3 Å². The molecule has 0 aromatic carbocycles. The third-order valence-corrected chi connectivity index (χ3v) is 9.95. The molecule has 0 bridgehead atoms. The van der Waals surface area contributed by atoms with Gasteiger partial charge in [-0.1, -0.05) is 0 Å². The molecule has 4 aliphatic rings. The molecule has 0 unspecified atom stereocenters. The molecule has 1 aromatic rings. The zero-order chi connectivity index (χ0) is 26.8. The van der Waals surface area contributed by atoms with E-state index >= 15 is 0 Å². The van der Waals surface area contributed by atoms with Gasteiger partial charge in [-0.15, -0.1) is 0 Å². The number of rotatable bonds is 10. The van der Waals surface area contributed by atoms with Crippen LogP contribution in [0.15, 0.2) is 18.3 Å². The largest absolute Gasteiger partial charge is 0.492 e. The summed E-state index contributed by atoms with van der Waals surface area (Å²) >= 11 is 0. The second kappa shape index (κ2) is 11.4.